The Labute approximate surface area is 93.1 Å². The van der Waals surface area contributed by atoms with Gasteiger partial charge in [0.15, 0.2) is 6.29 Å². The van der Waals surface area contributed by atoms with E-state index in [1.54, 1.807) is 0 Å². The second-order valence-corrected chi connectivity index (χ2v) is 3.93. The first-order valence-electron chi connectivity index (χ1n) is 4.47. The number of halogens is 1. The molecule has 0 amide bonds. The Morgan fingerprint density at radius 1 is 1.62 bits per heavy atom. The van der Waals surface area contributed by atoms with Crippen LogP contribution in [0.15, 0.2) is 22.3 Å². The molecule has 0 saturated heterocycles. The Morgan fingerprint density at radius 3 is 3.00 bits per heavy atom. The first-order valence-corrected chi connectivity index (χ1v) is 5.71. The summed E-state index contributed by atoms with van der Waals surface area (Å²) >= 11 is 2.20. The molecule has 1 aliphatic heterocycles. The predicted octanol–water partition coefficient (Wildman–Crippen LogP) is 3.03. The highest BCUT2D eigenvalue weighted by Gasteiger charge is 2.16. The number of hydrogen-bond donors (Lipinski definition) is 0. The standard InChI is InChI=1S/C10H15IO2/c1-8(2)12-10-5-3-4-9(13-10)6-7-11/h3,5-10H,4H2,1-2H3/b7-6+/t9-,10-/m1/s1. The van der Waals surface area contributed by atoms with Crippen LogP contribution in [0.3, 0.4) is 0 Å². The van der Waals surface area contributed by atoms with E-state index in [4.69, 9.17) is 9.47 Å². The highest BCUT2D eigenvalue weighted by molar-refractivity contribution is 14.1. The molecule has 1 rings (SSSR count). The Morgan fingerprint density at radius 2 is 2.38 bits per heavy atom. The van der Waals surface area contributed by atoms with E-state index in [1.165, 1.54) is 0 Å². The summed E-state index contributed by atoms with van der Waals surface area (Å²) in [6.07, 6.45) is 7.27. The molecule has 2 atom stereocenters. The lowest BCUT2D eigenvalue weighted by atomic mass is 10.2. The molecule has 2 nitrogen and oxygen atoms in total. The SMILES string of the molecule is CC(C)O[C@H]1C=CC[C@H](/C=C/I)O1. The van der Waals surface area contributed by atoms with Crippen LogP contribution in [0.25, 0.3) is 0 Å². The van der Waals surface area contributed by atoms with Gasteiger partial charge in [0, 0.05) is 0 Å². The lowest BCUT2D eigenvalue weighted by Crippen LogP contribution is -2.27. The van der Waals surface area contributed by atoms with E-state index >= 15 is 0 Å². The van der Waals surface area contributed by atoms with Gasteiger partial charge in [-0.1, -0.05) is 28.7 Å². The molecule has 0 aliphatic carbocycles. The fraction of sp³-hybridized carbons (Fsp3) is 0.600. The molecule has 0 N–H and O–H groups in total. The van der Waals surface area contributed by atoms with Crippen LogP contribution in [0.5, 0.6) is 0 Å². The molecular weight excluding hydrogens is 279 g/mol. The van der Waals surface area contributed by atoms with E-state index in [1.807, 2.05) is 30.1 Å². The summed E-state index contributed by atoms with van der Waals surface area (Å²) in [4.78, 5) is 0. The molecular formula is C10H15IO2. The Hall–Kier alpha value is 0.130. The van der Waals surface area contributed by atoms with Crippen molar-refractivity contribution in [1.82, 2.24) is 0 Å². The zero-order chi connectivity index (χ0) is 9.68. The Balaban J connectivity index is 2.42. The molecule has 0 aromatic heterocycles. The minimum atomic E-state index is -0.175. The second-order valence-electron chi connectivity index (χ2n) is 3.21. The smallest absolute Gasteiger partial charge is 0.177 e. The maximum absolute atomic E-state index is 5.64. The fourth-order valence-corrected chi connectivity index (χ4v) is 1.61. The van der Waals surface area contributed by atoms with Crippen molar-refractivity contribution in [2.75, 3.05) is 0 Å². The van der Waals surface area contributed by atoms with Crippen LogP contribution in [0.1, 0.15) is 20.3 Å². The van der Waals surface area contributed by atoms with Gasteiger partial charge >= 0.3 is 0 Å². The summed E-state index contributed by atoms with van der Waals surface area (Å²) in [5, 5.41) is 0. The molecule has 13 heavy (non-hydrogen) atoms. The fourth-order valence-electron chi connectivity index (χ4n) is 1.15. The maximum atomic E-state index is 5.64. The molecule has 0 fully saturated rings. The van der Waals surface area contributed by atoms with E-state index in [9.17, 15) is 0 Å². The van der Waals surface area contributed by atoms with Gasteiger partial charge in [0.25, 0.3) is 0 Å². The van der Waals surface area contributed by atoms with Crippen molar-refractivity contribution in [2.24, 2.45) is 0 Å². The molecule has 0 radical (unpaired) electrons. The lowest BCUT2D eigenvalue weighted by molar-refractivity contribution is -0.154. The molecule has 0 bridgehead atoms. The summed E-state index contributed by atoms with van der Waals surface area (Å²) in [6.45, 7) is 4.02. The van der Waals surface area contributed by atoms with Crippen LogP contribution >= 0.6 is 22.6 Å². The molecule has 0 aromatic rings. The van der Waals surface area contributed by atoms with Crippen LogP contribution in [-0.4, -0.2) is 18.5 Å². The van der Waals surface area contributed by atoms with Gasteiger partial charge in [0.2, 0.25) is 0 Å². The van der Waals surface area contributed by atoms with E-state index in [0.717, 1.165) is 6.42 Å². The zero-order valence-electron chi connectivity index (χ0n) is 7.94. The van der Waals surface area contributed by atoms with Gasteiger partial charge in [0.1, 0.15) is 0 Å². The third-order valence-electron chi connectivity index (χ3n) is 1.66. The molecule has 0 saturated carbocycles. The summed E-state index contributed by atoms with van der Waals surface area (Å²) in [7, 11) is 0. The van der Waals surface area contributed by atoms with Crippen LogP contribution in [-0.2, 0) is 9.47 Å². The Kier molecular flexibility index (Phi) is 4.98. The highest BCUT2D eigenvalue weighted by Crippen LogP contribution is 2.16. The van der Waals surface area contributed by atoms with Gasteiger partial charge < -0.3 is 9.47 Å². The summed E-state index contributed by atoms with van der Waals surface area (Å²) < 4.78 is 13.1. The van der Waals surface area contributed by atoms with Gasteiger partial charge in [-0.3, -0.25) is 0 Å². The third kappa shape index (κ3) is 4.24. The topological polar surface area (TPSA) is 18.5 Å². The average Bonchev–Trinajstić information content (AvgIpc) is 2.04. The second kappa shape index (κ2) is 5.78. The average molecular weight is 294 g/mol. The number of ether oxygens (including phenoxy) is 2. The summed E-state index contributed by atoms with van der Waals surface area (Å²) in [6, 6.07) is 0. The Bertz CT molecular complexity index is 199. The number of rotatable bonds is 3. The normalized spacial score (nSPS) is 28.9. The van der Waals surface area contributed by atoms with E-state index < -0.39 is 0 Å². The third-order valence-corrected chi connectivity index (χ3v) is 2.08. The van der Waals surface area contributed by atoms with E-state index in [-0.39, 0.29) is 18.5 Å². The molecule has 0 aromatic carbocycles. The van der Waals surface area contributed by atoms with Crippen molar-refractivity contribution in [3.63, 3.8) is 0 Å². The van der Waals surface area contributed by atoms with Crippen LogP contribution in [0.4, 0.5) is 0 Å². The van der Waals surface area contributed by atoms with Crippen molar-refractivity contribution in [1.29, 1.82) is 0 Å². The highest BCUT2D eigenvalue weighted by atomic mass is 127. The first kappa shape index (κ1) is 11.2. The van der Waals surface area contributed by atoms with Crippen LogP contribution in [0.2, 0.25) is 0 Å². The van der Waals surface area contributed by atoms with Crippen molar-refractivity contribution in [3.8, 4) is 0 Å². The van der Waals surface area contributed by atoms with Crippen molar-refractivity contribution in [2.45, 2.75) is 38.8 Å². The van der Waals surface area contributed by atoms with Crippen LogP contribution < -0.4 is 0 Å². The van der Waals surface area contributed by atoms with Gasteiger partial charge in [-0.25, -0.2) is 0 Å². The van der Waals surface area contributed by atoms with Crippen molar-refractivity contribution in [3.05, 3.63) is 22.3 Å². The molecule has 1 heterocycles. The minimum Gasteiger partial charge on any atom is -0.346 e. The van der Waals surface area contributed by atoms with E-state index in [2.05, 4.69) is 28.7 Å². The van der Waals surface area contributed by atoms with Gasteiger partial charge in [-0.2, -0.15) is 0 Å². The zero-order valence-corrected chi connectivity index (χ0v) is 10.1. The monoisotopic (exact) mass is 294 g/mol. The number of hydrogen-bond acceptors (Lipinski definition) is 2. The van der Waals surface area contributed by atoms with Gasteiger partial charge in [-0.15, -0.1) is 0 Å². The minimum absolute atomic E-state index is 0.172. The predicted molar refractivity (Wildman–Crippen MR) is 61.8 cm³/mol. The van der Waals surface area contributed by atoms with E-state index in [0.29, 0.717) is 0 Å². The maximum Gasteiger partial charge on any atom is 0.177 e. The first-order chi connectivity index (χ1) is 6.22. The van der Waals surface area contributed by atoms with Crippen LogP contribution in [0, 0.1) is 0 Å². The quantitative estimate of drug-likeness (QED) is 0.588. The molecule has 1 aliphatic rings. The molecule has 0 spiro atoms. The van der Waals surface area contributed by atoms with Crippen molar-refractivity contribution < 1.29 is 9.47 Å². The van der Waals surface area contributed by atoms with Gasteiger partial charge in [0.05, 0.1) is 12.2 Å². The molecule has 74 valence electrons. The molecule has 3 heteroatoms. The lowest BCUT2D eigenvalue weighted by Gasteiger charge is -2.25. The summed E-state index contributed by atoms with van der Waals surface area (Å²) in [5.74, 6) is 0. The molecule has 0 unspecified atom stereocenters. The largest absolute Gasteiger partial charge is 0.346 e. The van der Waals surface area contributed by atoms with Crippen molar-refractivity contribution >= 4 is 22.6 Å². The van der Waals surface area contributed by atoms with Gasteiger partial charge in [-0.05, 0) is 36.5 Å². The summed E-state index contributed by atoms with van der Waals surface area (Å²) in [5.41, 5.74) is 0.